The number of nitrogens with one attached hydrogen (secondary N) is 2. The van der Waals surface area contributed by atoms with Gasteiger partial charge < -0.3 is 14.5 Å². The highest BCUT2D eigenvalue weighted by atomic mass is 16.5. The van der Waals surface area contributed by atoms with Crippen LogP contribution < -0.4 is 11.1 Å². The lowest BCUT2D eigenvalue weighted by atomic mass is 10.1. The van der Waals surface area contributed by atoms with Crippen LogP contribution in [0.1, 0.15) is 11.6 Å². The maximum atomic E-state index is 11.0. The van der Waals surface area contributed by atoms with Crippen molar-refractivity contribution in [3.63, 3.8) is 0 Å². The molecule has 0 radical (unpaired) electrons. The van der Waals surface area contributed by atoms with E-state index in [1.807, 2.05) is 18.2 Å². The molecular formula is C11H12N2O3. The second-order valence-corrected chi connectivity index (χ2v) is 3.85. The first-order valence-electron chi connectivity index (χ1n) is 5.27. The summed E-state index contributed by atoms with van der Waals surface area (Å²) in [4.78, 5) is 13.6. The molecule has 1 saturated heterocycles. The first-order chi connectivity index (χ1) is 7.83. The molecule has 0 saturated carbocycles. The van der Waals surface area contributed by atoms with E-state index in [0.29, 0.717) is 12.2 Å². The van der Waals surface area contributed by atoms with Crippen molar-refractivity contribution in [2.24, 2.45) is 0 Å². The average molecular weight is 220 g/mol. The second kappa shape index (κ2) is 3.77. The lowest BCUT2D eigenvalue weighted by Crippen LogP contribution is -2.34. The third-order valence-corrected chi connectivity index (χ3v) is 2.77. The summed E-state index contributed by atoms with van der Waals surface area (Å²) in [5, 5.41) is 3.35. The summed E-state index contributed by atoms with van der Waals surface area (Å²) in [6, 6.07) is 5.88. The number of fused-ring (bicyclic) bond motifs is 1. The molecule has 0 bridgehead atoms. The van der Waals surface area contributed by atoms with E-state index in [0.717, 1.165) is 24.2 Å². The summed E-state index contributed by atoms with van der Waals surface area (Å²) in [5.74, 6) is -0.417. The zero-order valence-corrected chi connectivity index (χ0v) is 8.66. The number of H-pyrrole nitrogens is 1. The van der Waals surface area contributed by atoms with Crippen molar-refractivity contribution in [1.82, 2.24) is 10.3 Å². The van der Waals surface area contributed by atoms with Crippen molar-refractivity contribution in [2.45, 2.75) is 6.04 Å². The maximum Gasteiger partial charge on any atom is 0.417 e. The molecule has 5 heteroatoms. The summed E-state index contributed by atoms with van der Waals surface area (Å²) in [5.41, 5.74) is 2.40. The minimum atomic E-state index is -0.417. The van der Waals surface area contributed by atoms with E-state index < -0.39 is 5.76 Å². The van der Waals surface area contributed by atoms with Crippen LogP contribution in [0.25, 0.3) is 11.1 Å². The van der Waals surface area contributed by atoms with Crippen LogP contribution >= 0.6 is 0 Å². The number of rotatable bonds is 1. The van der Waals surface area contributed by atoms with Crippen molar-refractivity contribution in [2.75, 3.05) is 19.8 Å². The summed E-state index contributed by atoms with van der Waals surface area (Å²) in [6.45, 7) is 2.25. The fourth-order valence-electron chi connectivity index (χ4n) is 1.96. The minimum Gasteiger partial charge on any atom is -0.408 e. The predicted octanol–water partition coefficient (Wildman–Crippen LogP) is 0.782. The number of hydrogen-bond donors (Lipinski definition) is 2. The van der Waals surface area contributed by atoms with E-state index in [9.17, 15) is 4.79 Å². The van der Waals surface area contributed by atoms with Crippen LogP contribution in [0.5, 0.6) is 0 Å². The smallest absolute Gasteiger partial charge is 0.408 e. The number of oxazole rings is 1. The van der Waals surface area contributed by atoms with E-state index >= 15 is 0 Å². The molecule has 16 heavy (non-hydrogen) atoms. The van der Waals surface area contributed by atoms with Crippen molar-refractivity contribution >= 4 is 11.1 Å². The lowest BCUT2D eigenvalue weighted by molar-refractivity contribution is 0.0769. The summed E-state index contributed by atoms with van der Waals surface area (Å²) in [7, 11) is 0. The Hall–Kier alpha value is -1.59. The number of ether oxygens (including phenoxy) is 1. The Labute approximate surface area is 91.4 Å². The SMILES string of the molecule is O=c1[nH]c2ccc(C3COCCN3)cc2o1. The summed E-state index contributed by atoms with van der Waals surface area (Å²) < 4.78 is 10.4. The fraction of sp³-hybridized carbons (Fsp3) is 0.364. The number of benzene rings is 1. The molecule has 1 fully saturated rings. The molecule has 1 aromatic heterocycles. The van der Waals surface area contributed by atoms with Crippen LogP contribution in [-0.2, 0) is 4.74 Å². The molecule has 84 valence electrons. The Bertz CT molecular complexity index is 552. The van der Waals surface area contributed by atoms with Crippen LogP contribution in [0, 0.1) is 0 Å². The third-order valence-electron chi connectivity index (χ3n) is 2.77. The Kier molecular flexibility index (Phi) is 2.27. The maximum absolute atomic E-state index is 11.0. The van der Waals surface area contributed by atoms with E-state index in [1.165, 1.54) is 0 Å². The predicted molar refractivity (Wildman–Crippen MR) is 58.4 cm³/mol. The average Bonchev–Trinajstić information content (AvgIpc) is 2.69. The van der Waals surface area contributed by atoms with Crippen molar-refractivity contribution < 1.29 is 9.15 Å². The molecule has 3 rings (SSSR count). The molecule has 1 aliphatic rings. The third kappa shape index (κ3) is 1.64. The molecule has 0 aliphatic carbocycles. The van der Waals surface area contributed by atoms with E-state index in [-0.39, 0.29) is 6.04 Å². The zero-order chi connectivity index (χ0) is 11.0. The van der Waals surface area contributed by atoms with Crippen molar-refractivity contribution in [3.05, 3.63) is 34.3 Å². The Balaban J connectivity index is 2.00. The number of aromatic amines is 1. The lowest BCUT2D eigenvalue weighted by Gasteiger charge is -2.23. The first-order valence-corrected chi connectivity index (χ1v) is 5.27. The number of hydrogen-bond acceptors (Lipinski definition) is 4. The van der Waals surface area contributed by atoms with Gasteiger partial charge in [0.05, 0.1) is 24.8 Å². The minimum absolute atomic E-state index is 0.179. The van der Waals surface area contributed by atoms with Crippen LogP contribution in [0.4, 0.5) is 0 Å². The standard InChI is InChI=1S/C11H12N2O3/c14-11-13-8-2-1-7(5-10(8)16-11)9-6-15-4-3-12-9/h1-2,5,9,12H,3-4,6H2,(H,13,14). The highest BCUT2D eigenvalue weighted by molar-refractivity contribution is 5.72. The number of aromatic nitrogens is 1. The molecular weight excluding hydrogens is 208 g/mol. The monoisotopic (exact) mass is 220 g/mol. The van der Waals surface area contributed by atoms with Gasteiger partial charge in [0.25, 0.3) is 0 Å². The molecule has 0 amide bonds. The van der Waals surface area contributed by atoms with Gasteiger partial charge in [-0.05, 0) is 17.7 Å². The molecule has 5 nitrogen and oxygen atoms in total. The second-order valence-electron chi connectivity index (χ2n) is 3.85. The molecule has 2 N–H and O–H groups in total. The van der Waals surface area contributed by atoms with Crippen LogP contribution in [0.15, 0.2) is 27.4 Å². The summed E-state index contributed by atoms with van der Waals surface area (Å²) >= 11 is 0. The van der Waals surface area contributed by atoms with Crippen LogP contribution in [-0.4, -0.2) is 24.7 Å². The van der Waals surface area contributed by atoms with Crippen molar-refractivity contribution in [3.8, 4) is 0 Å². The highest BCUT2D eigenvalue weighted by Crippen LogP contribution is 2.20. The molecule has 1 aromatic carbocycles. The molecule has 1 unspecified atom stereocenters. The van der Waals surface area contributed by atoms with Gasteiger partial charge in [-0.3, -0.25) is 4.98 Å². The van der Waals surface area contributed by atoms with Gasteiger partial charge in [0, 0.05) is 6.54 Å². The van der Waals surface area contributed by atoms with E-state index in [4.69, 9.17) is 9.15 Å². The Morgan fingerprint density at radius 2 is 2.31 bits per heavy atom. The first kappa shape index (κ1) is 9.62. The Morgan fingerprint density at radius 1 is 1.38 bits per heavy atom. The molecule has 1 aliphatic heterocycles. The van der Waals surface area contributed by atoms with Crippen LogP contribution in [0.3, 0.4) is 0 Å². The fourth-order valence-corrected chi connectivity index (χ4v) is 1.96. The van der Waals surface area contributed by atoms with Crippen molar-refractivity contribution in [1.29, 1.82) is 0 Å². The molecule has 2 aromatic rings. The van der Waals surface area contributed by atoms with E-state index in [2.05, 4.69) is 10.3 Å². The van der Waals surface area contributed by atoms with Gasteiger partial charge in [-0.1, -0.05) is 6.07 Å². The molecule has 2 heterocycles. The number of morpholine rings is 1. The van der Waals surface area contributed by atoms with Gasteiger partial charge in [-0.2, -0.15) is 0 Å². The molecule has 0 spiro atoms. The van der Waals surface area contributed by atoms with Gasteiger partial charge in [-0.15, -0.1) is 0 Å². The highest BCUT2D eigenvalue weighted by Gasteiger charge is 2.16. The van der Waals surface area contributed by atoms with Gasteiger partial charge in [0.15, 0.2) is 5.58 Å². The normalized spacial score (nSPS) is 21.4. The molecule has 1 atom stereocenters. The largest absolute Gasteiger partial charge is 0.417 e. The topological polar surface area (TPSA) is 67.3 Å². The summed E-state index contributed by atoms with van der Waals surface area (Å²) in [6.07, 6.45) is 0. The van der Waals surface area contributed by atoms with Crippen LogP contribution in [0.2, 0.25) is 0 Å². The van der Waals surface area contributed by atoms with Gasteiger partial charge in [0.2, 0.25) is 0 Å². The quantitative estimate of drug-likeness (QED) is 0.745. The van der Waals surface area contributed by atoms with Gasteiger partial charge in [0.1, 0.15) is 0 Å². The van der Waals surface area contributed by atoms with Gasteiger partial charge in [-0.25, -0.2) is 4.79 Å². The van der Waals surface area contributed by atoms with E-state index in [1.54, 1.807) is 0 Å². The Morgan fingerprint density at radius 3 is 3.12 bits per heavy atom. The zero-order valence-electron chi connectivity index (χ0n) is 8.66. The van der Waals surface area contributed by atoms with Gasteiger partial charge >= 0.3 is 5.76 Å².